The number of hydrogen-bond donors (Lipinski definition) is 0. The standard InChI is InChI=1S/C7H7N3O3/c1-2-3-9-6(5-11)4-8-7(9)10(12)13/h2,4-5H,1,3H2. The molecule has 0 aliphatic heterocycles. The lowest BCUT2D eigenvalue weighted by Crippen LogP contribution is -2.05. The minimum atomic E-state index is -0.642. The Hall–Kier alpha value is -1.98. The highest BCUT2D eigenvalue weighted by Gasteiger charge is 2.18. The van der Waals surface area contributed by atoms with Gasteiger partial charge in [-0.1, -0.05) is 17.6 Å². The van der Waals surface area contributed by atoms with Crippen LogP contribution in [0.15, 0.2) is 18.9 Å². The van der Waals surface area contributed by atoms with E-state index in [0.29, 0.717) is 6.29 Å². The van der Waals surface area contributed by atoms with Gasteiger partial charge in [-0.05, 0) is 4.92 Å². The summed E-state index contributed by atoms with van der Waals surface area (Å²) >= 11 is 0. The molecule has 13 heavy (non-hydrogen) atoms. The van der Waals surface area contributed by atoms with Crippen LogP contribution in [0.4, 0.5) is 5.95 Å². The summed E-state index contributed by atoms with van der Waals surface area (Å²) in [6.45, 7) is 3.62. The summed E-state index contributed by atoms with van der Waals surface area (Å²) < 4.78 is 1.18. The third-order valence-electron chi connectivity index (χ3n) is 1.46. The zero-order chi connectivity index (χ0) is 9.84. The van der Waals surface area contributed by atoms with Crippen LogP contribution >= 0.6 is 0 Å². The summed E-state index contributed by atoms with van der Waals surface area (Å²) in [4.78, 5) is 23.7. The fourth-order valence-electron chi connectivity index (χ4n) is 0.935. The highest BCUT2D eigenvalue weighted by atomic mass is 16.6. The zero-order valence-corrected chi connectivity index (χ0v) is 6.71. The second kappa shape index (κ2) is 3.61. The van der Waals surface area contributed by atoms with Crippen LogP contribution in [-0.4, -0.2) is 20.8 Å². The smallest absolute Gasteiger partial charge is 0.390 e. The quantitative estimate of drug-likeness (QED) is 0.297. The molecule has 0 atom stereocenters. The van der Waals surface area contributed by atoms with E-state index in [1.807, 2.05) is 0 Å². The largest absolute Gasteiger partial charge is 0.435 e. The number of allylic oxidation sites excluding steroid dienone is 1. The Morgan fingerprint density at radius 2 is 2.46 bits per heavy atom. The fourth-order valence-corrected chi connectivity index (χ4v) is 0.935. The number of aromatic nitrogens is 2. The van der Waals surface area contributed by atoms with Gasteiger partial charge in [0.1, 0.15) is 6.20 Å². The molecule has 1 heterocycles. The van der Waals surface area contributed by atoms with Gasteiger partial charge in [-0.25, -0.2) is 4.57 Å². The minimum absolute atomic E-state index is 0.173. The van der Waals surface area contributed by atoms with Gasteiger partial charge in [0.15, 0.2) is 12.0 Å². The number of nitro groups is 1. The summed E-state index contributed by atoms with van der Waals surface area (Å²) in [7, 11) is 0. The maximum absolute atomic E-state index is 10.4. The lowest BCUT2D eigenvalue weighted by Gasteiger charge is -1.97. The Labute approximate surface area is 73.7 Å². The van der Waals surface area contributed by atoms with Gasteiger partial charge >= 0.3 is 5.95 Å². The van der Waals surface area contributed by atoms with Crippen molar-refractivity contribution in [3.63, 3.8) is 0 Å². The molecule has 68 valence electrons. The van der Waals surface area contributed by atoms with Gasteiger partial charge in [-0.15, -0.1) is 0 Å². The average molecular weight is 181 g/mol. The van der Waals surface area contributed by atoms with E-state index in [9.17, 15) is 14.9 Å². The number of carbonyl (C=O) groups is 1. The van der Waals surface area contributed by atoms with Crippen LogP contribution in [0.2, 0.25) is 0 Å². The van der Waals surface area contributed by atoms with Crippen molar-refractivity contribution in [2.45, 2.75) is 6.54 Å². The summed E-state index contributed by atoms with van der Waals surface area (Å²) in [6, 6.07) is 0. The van der Waals surface area contributed by atoms with E-state index >= 15 is 0 Å². The fraction of sp³-hybridized carbons (Fsp3) is 0.143. The first kappa shape index (κ1) is 9.11. The lowest BCUT2D eigenvalue weighted by molar-refractivity contribution is -0.396. The van der Waals surface area contributed by atoms with Crippen molar-refractivity contribution in [1.82, 2.24) is 9.55 Å². The molecule has 0 N–H and O–H groups in total. The molecule has 0 bridgehead atoms. The number of imidazole rings is 1. The van der Waals surface area contributed by atoms with Crippen molar-refractivity contribution >= 4 is 12.2 Å². The summed E-state index contributed by atoms with van der Waals surface area (Å²) in [5.74, 6) is -0.345. The summed E-state index contributed by atoms with van der Waals surface area (Å²) in [5, 5.41) is 10.4. The van der Waals surface area contributed by atoms with Crippen molar-refractivity contribution in [3.8, 4) is 0 Å². The Morgan fingerprint density at radius 1 is 1.77 bits per heavy atom. The topological polar surface area (TPSA) is 78.0 Å². The molecule has 0 aliphatic carbocycles. The van der Waals surface area contributed by atoms with E-state index in [0.717, 1.165) is 6.20 Å². The van der Waals surface area contributed by atoms with E-state index in [2.05, 4.69) is 11.6 Å². The molecule has 0 radical (unpaired) electrons. The molecule has 6 nitrogen and oxygen atoms in total. The average Bonchev–Trinajstić information content (AvgIpc) is 2.48. The van der Waals surface area contributed by atoms with E-state index in [-0.39, 0.29) is 18.2 Å². The molecule has 6 heteroatoms. The van der Waals surface area contributed by atoms with Crippen LogP contribution in [0.25, 0.3) is 0 Å². The van der Waals surface area contributed by atoms with Crippen LogP contribution in [0.3, 0.4) is 0 Å². The Kier molecular flexibility index (Phi) is 2.53. The number of nitrogens with zero attached hydrogens (tertiary/aromatic N) is 3. The second-order valence-electron chi connectivity index (χ2n) is 2.26. The monoisotopic (exact) mass is 181 g/mol. The molecule has 0 fully saturated rings. The zero-order valence-electron chi connectivity index (χ0n) is 6.71. The summed E-state index contributed by atoms with van der Waals surface area (Å²) in [5.41, 5.74) is 0.173. The third-order valence-corrected chi connectivity index (χ3v) is 1.46. The maximum Gasteiger partial charge on any atom is 0.435 e. The van der Waals surface area contributed by atoms with Crippen LogP contribution in [0.5, 0.6) is 0 Å². The third kappa shape index (κ3) is 1.61. The molecule has 0 aliphatic rings. The second-order valence-corrected chi connectivity index (χ2v) is 2.26. The first-order valence-electron chi connectivity index (χ1n) is 3.46. The SMILES string of the molecule is C=CCn1c(C=O)cnc1[N+](=O)[O-]. The van der Waals surface area contributed by atoms with E-state index in [4.69, 9.17) is 0 Å². The number of hydrogen-bond acceptors (Lipinski definition) is 4. The Bertz CT molecular complexity index is 356. The van der Waals surface area contributed by atoms with Crippen molar-refractivity contribution < 1.29 is 9.72 Å². The number of aldehydes is 1. The van der Waals surface area contributed by atoms with Gasteiger partial charge in [0.25, 0.3) is 0 Å². The van der Waals surface area contributed by atoms with E-state index < -0.39 is 4.92 Å². The molecule has 0 saturated carbocycles. The Balaban J connectivity index is 3.20. The van der Waals surface area contributed by atoms with Crippen molar-refractivity contribution in [1.29, 1.82) is 0 Å². The van der Waals surface area contributed by atoms with Crippen molar-refractivity contribution in [2.24, 2.45) is 0 Å². The van der Waals surface area contributed by atoms with Gasteiger partial charge in [-0.3, -0.25) is 4.79 Å². The lowest BCUT2D eigenvalue weighted by atomic mass is 10.5. The molecule has 0 aromatic carbocycles. The predicted molar refractivity (Wildman–Crippen MR) is 44.5 cm³/mol. The van der Waals surface area contributed by atoms with Crippen LogP contribution in [-0.2, 0) is 6.54 Å². The molecular weight excluding hydrogens is 174 g/mol. The van der Waals surface area contributed by atoms with Crippen LogP contribution < -0.4 is 0 Å². The first-order valence-corrected chi connectivity index (χ1v) is 3.46. The molecular formula is C7H7N3O3. The minimum Gasteiger partial charge on any atom is -0.390 e. The highest BCUT2D eigenvalue weighted by molar-refractivity contribution is 5.72. The van der Waals surface area contributed by atoms with Gasteiger partial charge in [0.05, 0.1) is 6.54 Å². The highest BCUT2D eigenvalue weighted by Crippen LogP contribution is 2.11. The number of carbonyl (C=O) groups excluding carboxylic acids is 1. The van der Waals surface area contributed by atoms with Gasteiger partial charge in [-0.2, -0.15) is 0 Å². The normalized spacial score (nSPS) is 9.54. The maximum atomic E-state index is 10.4. The summed E-state index contributed by atoms with van der Waals surface area (Å²) in [6.07, 6.45) is 3.14. The molecule has 1 aromatic heterocycles. The predicted octanol–water partition coefficient (Wildman–Crippen LogP) is 0.790. The van der Waals surface area contributed by atoms with Gasteiger partial charge < -0.3 is 10.1 Å². The number of rotatable bonds is 4. The molecule has 1 rings (SSSR count). The van der Waals surface area contributed by atoms with Crippen LogP contribution in [0.1, 0.15) is 10.5 Å². The van der Waals surface area contributed by atoms with Crippen molar-refractivity contribution in [3.05, 3.63) is 34.7 Å². The molecule has 0 unspecified atom stereocenters. The van der Waals surface area contributed by atoms with E-state index in [1.165, 1.54) is 10.6 Å². The van der Waals surface area contributed by atoms with Gasteiger partial charge in [0.2, 0.25) is 0 Å². The Morgan fingerprint density at radius 3 is 2.92 bits per heavy atom. The van der Waals surface area contributed by atoms with Crippen LogP contribution in [0, 0.1) is 10.1 Å². The van der Waals surface area contributed by atoms with Gasteiger partial charge in [0, 0.05) is 0 Å². The molecule has 0 spiro atoms. The van der Waals surface area contributed by atoms with E-state index in [1.54, 1.807) is 0 Å². The molecule has 0 amide bonds. The first-order chi connectivity index (χ1) is 6.20. The molecule has 1 aromatic rings. The van der Waals surface area contributed by atoms with Crippen molar-refractivity contribution in [2.75, 3.05) is 0 Å². The molecule has 0 saturated heterocycles.